The number of aliphatic hydroxyl groups excluding tert-OH is 1. The predicted molar refractivity (Wildman–Crippen MR) is 185 cm³/mol. The Bertz CT molecular complexity index is 2040. The summed E-state index contributed by atoms with van der Waals surface area (Å²) in [6, 6.07) is 22.4. The van der Waals surface area contributed by atoms with Crippen molar-refractivity contribution in [2.24, 2.45) is 0 Å². The van der Waals surface area contributed by atoms with Crippen molar-refractivity contribution in [1.82, 2.24) is 19.8 Å². The maximum Gasteiger partial charge on any atom is 0.416 e. The first-order chi connectivity index (χ1) is 24.5. The number of nitrogens with one attached hydrogen (secondary N) is 1. The number of hydrogen-bond acceptors (Lipinski definition) is 5. The maximum absolute atomic E-state index is 13.6. The van der Waals surface area contributed by atoms with Crippen LogP contribution >= 0.6 is 0 Å². The minimum atomic E-state index is -4.61. The highest BCUT2D eigenvalue weighted by Gasteiger charge is 2.49. The highest BCUT2D eigenvalue weighted by molar-refractivity contribution is 5.82. The zero-order valence-electron chi connectivity index (χ0n) is 28.1. The van der Waals surface area contributed by atoms with Gasteiger partial charge in [-0.05, 0) is 78.5 Å². The Kier molecular flexibility index (Phi) is 9.41. The van der Waals surface area contributed by atoms with Crippen LogP contribution in [0.5, 0.6) is 0 Å². The molecule has 4 aromatic rings. The average Bonchev–Trinajstić information content (AvgIpc) is 3.99. The number of halogens is 3. The molecule has 11 heteroatoms. The maximum atomic E-state index is 13.6. The molecule has 2 aliphatic heterocycles. The van der Waals surface area contributed by atoms with Gasteiger partial charge in [-0.3, -0.25) is 14.4 Å². The van der Waals surface area contributed by atoms with Gasteiger partial charge in [0.1, 0.15) is 5.82 Å². The van der Waals surface area contributed by atoms with Crippen molar-refractivity contribution >= 4 is 17.4 Å². The molecular formula is C40H39F3N4O4. The van der Waals surface area contributed by atoms with Crippen molar-refractivity contribution in [1.29, 1.82) is 0 Å². The van der Waals surface area contributed by atoms with Gasteiger partial charge < -0.3 is 19.9 Å². The van der Waals surface area contributed by atoms with Crippen LogP contribution < -0.4 is 5.56 Å². The lowest BCUT2D eigenvalue weighted by atomic mass is 9.90. The average molecular weight is 697 g/mol. The quantitative estimate of drug-likeness (QED) is 0.231. The second-order valence-electron chi connectivity index (χ2n) is 13.7. The van der Waals surface area contributed by atoms with Gasteiger partial charge in [0.05, 0.1) is 28.8 Å². The summed E-state index contributed by atoms with van der Waals surface area (Å²) in [6.45, 7) is 1.34. The molecule has 2 amide bonds. The number of H-pyrrole nitrogens is 1. The lowest BCUT2D eigenvalue weighted by Crippen LogP contribution is -2.36. The van der Waals surface area contributed by atoms with Gasteiger partial charge in [0.25, 0.3) is 11.5 Å². The summed E-state index contributed by atoms with van der Waals surface area (Å²) >= 11 is 0. The van der Waals surface area contributed by atoms with Crippen LogP contribution in [0.4, 0.5) is 13.2 Å². The van der Waals surface area contributed by atoms with E-state index in [9.17, 15) is 32.7 Å². The summed E-state index contributed by atoms with van der Waals surface area (Å²) in [5.41, 5.74) is 3.46. The van der Waals surface area contributed by atoms with E-state index in [1.165, 1.54) is 16.5 Å². The summed E-state index contributed by atoms with van der Waals surface area (Å²) in [6.07, 6.45) is 0.212. The number of nitrogens with zero attached hydrogens (tertiary/aromatic N) is 3. The van der Waals surface area contributed by atoms with Gasteiger partial charge in [0.2, 0.25) is 5.91 Å². The van der Waals surface area contributed by atoms with E-state index in [0.717, 1.165) is 60.6 Å². The van der Waals surface area contributed by atoms with E-state index in [4.69, 9.17) is 4.98 Å². The third kappa shape index (κ3) is 7.26. The summed E-state index contributed by atoms with van der Waals surface area (Å²) in [7, 11) is 0. The lowest BCUT2D eigenvalue weighted by molar-refractivity contribution is -0.142. The molecule has 3 aromatic carbocycles. The van der Waals surface area contributed by atoms with Crippen molar-refractivity contribution in [2.45, 2.75) is 69.2 Å². The van der Waals surface area contributed by atoms with E-state index in [1.807, 2.05) is 41.3 Å². The van der Waals surface area contributed by atoms with Crippen molar-refractivity contribution in [3.63, 3.8) is 0 Å². The fraction of sp³-hybridized carbons (Fsp3) is 0.350. The number of hydrogen-bond donors (Lipinski definition) is 2. The first-order valence-electron chi connectivity index (χ1n) is 17.4. The summed E-state index contributed by atoms with van der Waals surface area (Å²) in [5, 5.41) is 10.8. The van der Waals surface area contributed by atoms with Crippen LogP contribution in [0.15, 0.2) is 89.7 Å². The number of rotatable bonds is 8. The van der Waals surface area contributed by atoms with Crippen LogP contribution in [0, 0.1) is 0 Å². The highest BCUT2D eigenvalue weighted by atomic mass is 19.4. The molecule has 8 nitrogen and oxygen atoms in total. The zero-order valence-corrected chi connectivity index (χ0v) is 28.1. The van der Waals surface area contributed by atoms with Gasteiger partial charge in [-0.2, -0.15) is 13.2 Å². The third-order valence-electron chi connectivity index (χ3n) is 10.4. The molecule has 0 radical (unpaired) electrons. The molecule has 1 aliphatic carbocycles. The fourth-order valence-electron chi connectivity index (χ4n) is 7.25. The number of aromatic amines is 1. The molecule has 1 aromatic heterocycles. The Morgan fingerprint density at radius 3 is 2.45 bits per heavy atom. The molecule has 0 saturated heterocycles. The Balaban J connectivity index is 1.05. The summed E-state index contributed by atoms with van der Waals surface area (Å²) in [4.78, 5) is 50.9. The number of benzene rings is 3. The molecule has 1 atom stereocenters. The van der Waals surface area contributed by atoms with Gasteiger partial charge in [-0.15, -0.1) is 0 Å². The number of fused-ring (bicyclic) bond motifs is 1. The van der Waals surface area contributed by atoms with Crippen LogP contribution in [0.1, 0.15) is 83.1 Å². The monoisotopic (exact) mass is 696 g/mol. The van der Waals surface area contributed by atoms with Crippen LogP contribution in [0.3, 0.4) is 0 Å². The first-order valence-corrected chi connectivity index (χ1v) is 17.4. The molecule has 0 bridgehead atoms. The molecule has 1 saturated carbocycles. The van der Waals surface area contributed by atoms with Crippen LogP contribution in [0.25, 0.3) is 5.57 Å². The number of aromatic nitrogens is 2. The predicted octanol–water partition coefficient (Wildman–Crippen LogP) is 6.13. The van der Waals surface area contributed by atoms with E-state index in [-0.39, 0.29) is 30.1 Å². The molecule has 2 N–H and O–H groups in total. The molecule has 0 spiro atoms. The number of aryl methyl sites for hydroxylation is 2. The number of carbonyl (C=O) groups is 2. The van der Waals surface area contributed by atoms with Crippen LogP contribution in [-0.2, 0) is 40.6 Å². The Morgan fingerprint density at radius 1 is 0.941 bits per heavy atom. The van der Waals surface area contributed by atoms with E-state index in [1.54, 1.807) is 0 Å². The number of aliphatic hydroxyl groups is 1. The van der Waals surface area contributed by atoms with E-state index in [0.29, 0.717) is 49.4 Å². The van der Waals surface area contributed by atoms with E-state index < -0.39 is 29.2 Å². The largest absolute Gasteiger partial charge is 0.416 e. The minimum absolute atomic E-state index is 0.102. The Labute approximate surface area is 293 Å². The molecule has 1 unspecified atom stereocenters. The second kappa shape index (κ2) is 13.9. The second-order valence-corrected chi connectivity index (χ2v) is 13.7. The van der Waals surface area contributed by atoms with Gasteiger partial charge >= 0.3 is 6.18 Å². The lowest BCUT2D eigenvalue weighted by Gasteiger charge is -2.27. The smallest absolute Gasteiger partial charge is 0.378 e. The van der Waals surface area contributed by atoms with Crippen molar-refractivity contribution in [2.75, 3.05) is 19.6 Å². The first kappa shape index (κ1) is 34.4. The van der Waals surface area contributed by atoms with Crippen molar-refractivity contribution in [3.05, 3.63) is 140 Å². The van der Waals surface area contributed by atoms with Crippen LogP contribution in [-0.4, -0.2) is 56.3 Å². The summed E-state index contributed by atoms with van der Waals surface area (Å²) < 4.78 is 39.7. The van der Waals surface area contributed by atoms with E-state index >= 15 is 0 Å². The van der Waals surface area contributed by atoms with Gasteiger partial charge in [-0.25, -0.2) is 4.98 Å². The van der Waals surface area contributed by atoms with Gasteiger partial charge in [0.15, 0.2) is 6.10 Å². The van der Waals surface area contributed by atoms with Gasteiger partial charge in [0, 0.05) is 26.1 Å². The number of carbonyl (C=O) groups excluding carboxylic acids is 2. The molecule has 264 valence electrons. The van der Waals surface area contributed by atoms with Crippen molar-refractivity contribution < 1.29 is 27.9 Å². The number of alkyl halides is 3. The SMILES string of the molecule is O=C(CCc1ccccc1)N1CC=C(c2cccc(C3(c4nc5c(c(=O)[nH]4)CN(C(=O)C(O)c4cccc(C(F)(F)F)c4)CCC5)CC3)c2)CC1. The zero-order chi connectivity index (χ0) is 35.8. The third-order valence-corrected chi connectivity index (χ3v) is 10.4. The number of amides is 2. The molecule has 1 fully saturated rings. The standard InChI is InChI=1S/C40H39F3N4O4/c41-40(42,43)31-12-5-10-29(24-31)35(49)37(51)47-20-6-13-33-32(25-47)36(50)45-38(44-33)39(18-19-39)30-11-4-9-28(23-30)27-16-21-46(22-17-27)34(48)15-14-26-7-2-1-3-8-26/h1-5,7-12,16,23-24,35,49H,6,13-15,17-22,25H2,(H,44,45,50). The minimum Gasteiger partial charge on any atom is -0.378 e. The molecule has 7 rings (SSSR count). The molecular weight excluding hydrogens is 657 g/mol. The molecule has 3 aliphatic rings. The van der Waals surface area contributed by atoms with Crippen LogP contribution in [0.2, 0.25) is 0 Å². The molecule has 3 heterocycles. The normalized spacial score (nSPS) is 17.6. The van der Waals surface area contributed by atoms with Gasteiger partial charge in [-0.1, -0.05) is 72.8 Å². The summed E-state index contributed by atoms with van der Waals surface area (Å²) in [5.74, 6) is -0.0322. The Morgan fingerprint density at radius 2 is 1.73 bits per heavy atom. The molecule has 51 heavy (non-hydrogen) atoms. The van der Waals surface area contributed by atoms with E-state index in [2.05, 4.69) is 29.3 Å². The fourth-order valence-corrected chi connectivity index (χ4v) is 7.25. The topological polar surface area (TPSA) is 107 Å². The highest BCUT2D eigenvalue weighted by Crippen LogP contribution is 2.52. The van der Waals surface area contributed by atoms with Crippen molar-refractivity contribution in [3.8, 4) is 0 Å². The Hall–Kier alpha value is -5.03.